The van der Waals surface area contributed by atoms with E-state index < -0.39 is 29.4 Å². The smallest absolute Gasteiger partial charge is 0.425 e. The van der Waals surface area contributed by atoms with Crippen molar-refractivity contribution in [3.8, 4) is 5.75 Å². The van der Waals surface area contributed by atoms with Gasteiger partial charge in [-0.15, -0.1) is 0 Å². The second-order valence-corrected chi connectivity index (χ2v) is 15.6. The van der Waals surface area contributed by atoms with E-state index in [4.69, 9.17) is 24.7 Å². The monoisotopic (exact) mass is 789 g/mol. The zero-order chi connectivity index (χ0) is 41.9. The summed E-state index contributed by atoms with van der Waals surface area (Å²) in [5, 5.41) is 7.45. The standard InChI is InChI=1S/C45H51N5O8/c1-44(2,3)57-42(53)50(43(54)58-45(4,5)6)40-37-22-19-35(27-33(37)23-24-47-40)49-39(41(52)48-28-31-14-10-15-34(46)26-31)32-17-20-36(21-18-32)55-25-11-16-38(51)56-29-30-12-8-7-9-13-30/h7-10,12-15,17-24,26-27,39,49H,11,16,25,28-29,46H2,1-6H3,(H,48,52). The normalized spacial score (nSPS) is 11.9. The fourth-order valence-electron chi connectivity index (χ4n) is 5.73. The van der Waals surface area contributed by atoms with Crippen molar-refractivity contribution in [2.75, 3.05) is 22.6 Å². The average Bonchev–Trinajstić information content (AvgIpc) is 3.16. The molecule has 0 saturated carbocycles. The number of carbonyl (C=O) groups excluding carboxylic acids is 4. The number of imide groups is 1. The topological polar surface area (TPSA) is 171 Å². The van der Waals surface area contributed by atoms with Gasteiger partial charge in [-0.3, -0.25) is 9.59 Å². The summed E-state index contributed by atoms with van der Waals surface area (Å²) in [5.41, 5.74) is 7.75. The molecule has 0 aliphatic carbocycles. The molecule has 0 spiro atoms. The number of amides is 3. The van der Waals surface area contributed by atoms with Gasteiger partial charge in [-0.05, 0) is 119 Å². The van der Waals surface area contributed by atoms with Crippen LogP contribution in [0.15, 0.2) is 109 Å². The highest BCUT2D eigenvalue weighted by molar-refractivity contribution is 6.14. The van der Waals surface area contributed by atoms with Crippen LogP contribution >= 0.6 is 0 Å². The van der Waals surface area contributed by atoms with E-state index >= 15 is 0 Å². The lowest BCUT2D eigenvalue weighted by molar-refractivity contribution is -0.145. The lowest BCUT2D eigenvalue weighted by Gasteiger charge is -2.28. The van der Waals surface area contributed by atoms with Crippen molar-refractivity contribution in [3.05, 3.63) is 126 Å². The number of carbonyl (C=O) groups is 4. The minimum Gasteiger partial charge on any atom is -0.494 e. The molecule has 304 valence electrons. The van der Waals surface area contributed by atoms with Crippen molar-refractivity contribution in [1.82, 2.24) is 10.3 Å². The molecule has 3 amide bonds. The van der Waals surface area contributed by atoms with Gasteiger partial charge in [0.2, 0.25) is 5.91 Å². The molecule has 1 aromatic heterocycles. The van der Waals surface area contributed by atoms with Crippen LogP contribution in [-0.2, 0) is 37.0 Å². The summed E-state index contributed by atoms with van der Waals surface area (Å²) in [6.07, 6.45) is 0.293. The van der Waals surface area contributed by atoms with Gasteiger partial charge in [-0.25, -0.2) is 14.6 Å². The van der Waals surface area contributed by atoms with Crippen LogP contribution in [0.3, 0.4) is 0 Å². The number of nitrogens with two attached hydrogens (primary N) is 1. The van der Waals surface area contributed by atoms with Gasteiger partial charge in [0.05, 0.1) is 6.61 Å². The highest BCUT2D eigenvalue weighted by atomic mass is 16.6. The molecular formula is C45H51N5O8. The van der Waals surface area contributed by atoms with E-state index in [1.54, 1.807) is 102 Å². The first kappa shape index (κ1) is 42.5. The molecule has 5 rings (SSSR count). The largest absolute Gasteiger partial charge is 0.494 e. The Hall–Kier alpha value is -6.63. The molecule has 1 heterocycles. The summed E-state index contributed by atoms with van der Waals surface area (Å²) >= 11 is 0. The Morgan fingerprint density at radius 2 is 1.45 bits per heavy atom. The van der Waals surface area contributed by atoms with Crippen LogP contribution < -0.4 is 26.0 Å². The summed E-state index contributed by atoms with van der Waals surface area (Å²) in [6, 6.07) is 30.0. The van der Waals surface area contributed by atoms with Crippen LogP contribution in [-0.4, -0.2) is 46.9 Å². The van der Waals surface area contributed by atoms with Crippen LogP contribution in [0.4, 0.5) is 26.8 Å². The van der Waals surface area contributed by atoms with Crippen molar-refractivity contribution >= 4 is 52.0 Å². The number of benzene rings is 4. The summed E-state index contributed by atoms with van der Waals surface area (Å²) in [5.74, 6) is 0.00128. The fraction of sp³-hybridized carbons (Fsp3) is 0.311. The zero-order valence-corrected chi connectivity index (χ0v) is 33.7. The first-order valence-electron chi connectivity index (χ1n) is 19.0. The molecule has 0 aliphatic heterocycles. The van der Waals surface area contributed by atoms with Crippen LogP contribution in [0, 0.1) is 0 Å². The Bertz CT molecular complexity index is 2170. The van der Waals surface area contributed by atoms with Gasteiger partial charge >= 0.3 is 18.2 Å². The fourth-order valence-corrected chi connectivity index (χ4v) is 5.73. The highest BCUT2D eigenvalue weighted by Crippen LogP contribution is 2.31. The number of anilines is 3. The van der Waals surface area contributed by atoms with Crippen molar-refractivity contribution in [2.24, 2.45) is 0 Å². The Morgan fingerprint density at radius 1 is 0.776 bits per heavy atom. The molecule has 0 radical (unpaired) electrons. The van der Waals surface area contributed by atoms with Crippen LogP contribution in [0.5, 0.6) is 5.75 Å². The van der Waals surface area contributed by atoms with Gasteiger partial charge < -0.3 is 35.3 Å². The van der Waals surface area contributed by atoms with E-state index in [0.717, 1.165) is 16.0 Å². The number of esters is 1. The number of nitrogen functional groups attached to an aromatic ring is 1. The number of hydrogen-bond donors (Lipinski definition) is 3. The third-order valence-electron chi connectivity index (χ3n) is 8.35. The Labute approximate surface area is 338 Å². The number of nitrogens with one attached hydrogen (secondary N) is 2. The molecule has 0 fully saturated rings. The number of hydrogen-bond acceptors (Lipinski definition) is 11. The number of aromatic nitrogens is 1. The molecule has 5 aromatic rings. The van der Waals surface area contributed by atoms with Gasteiger partial charge in [0.25, 0.3) is 0 Å². The molecule has 0 aliphatic rings. The molecule has 0 saturated heterocycles. The highest BCUT2D eigenvalue weighted by Gasteiger charge is 2.34. The average molecular weight is 790 g/mol. The van der Waals surface area contributed by atoms with Crippen molar-refractivity contribution in [2.45, 2.75) is 84.8 Å². The maximum absolute atomic E-state index is 13.9. The lowest BCUT2D eigenvalue weighted by atomic mass is 10.0. The maximum Gasteiger partial charge on any atom is 0.425 e. The maximum atomic E-state index is 13.9. The second kappa shape index (κ2) is 19.0. The molecular weight excluding hydrogens is 739 g/mol. The SMILES string of the molecule is CC(C)(C)OC(=O)N(C(=O)OC(C)(C)C)c1nccc2cc(NC(C(=O)NCc3cccc(N)c3)c3ccc(OCCCC(=O)OCc4ccccc4)cc3)ccc12. The molecule has 1 atom stereocenters. The number of nitrogens with zero attached hydrogens (tertiary/aromatic N) is 2. The van der Waals surface area contributed by atoms with E-state index in [9.17, 15) is 19.2 Å². The van der Waals surface area contributed by atoms with Crippen LogP contribution in [0.1, 0.15) is 77.1 Å². The minimum atomic E-state index is -0.936. The third kappa shape index (κ3) is 12.7. The molecule has 13 heteroatoms. The van der Waals surface area contributed by atoms with Gasteiger partial charge in [0.1, 0.15) is 29.6 Å². The van der Waals surface area contributed by atoms with E-state index in [0.29, 0.717) is 46.5 Å². The van der Waals surface area contributed by atoms with Crippen molar-refractivity contribution < 1.29 is 38.1 Å². The molecule has 58 heavy (non-hydrogen) atoms. The number of fused-ring (bicyclic) bond motifs is 1. The zero-order valence-electron chi connectivity index (χ0n) is 33.7. The first-order chi connectivity index (χ1) is 27.5. The summed E-state index contributed by atoms with van der Waals surface area (Å²) in [7, 11) is 0. The summed E-state index contributed by atoms with van der Waals surface area (Å²) in [6.45, 7) is 11.0. The van der Waals surface area contributed by atoms with E-state index in [2.05, 4.69) is 15.6 Å². The van der Waals surface area contributed by atoms with Crippen LogP contribution in [0.25, 0.3) is 10.8 Å². The molecule has 4 N–H and O–H groups in total. The first-order valence-corrected chi connectivity index (χ1v) is 19.0. The van der Waals surface area contributed by atoms with E-state index in [-0.39, 0.29) is 37.3 Å². The number of rotatable bonds is 14. The van der Waals surface area contributed by atoms with E-state index in [1.807, 2.05) is 42.5 Å². The molecule has 0 bridgehead atoms. The predicted octanol–water partition coefficient (Wildman–Crippen LogP) is 8.87. The third-order valence-corrected chi connectivity index (χ3v) is 8.35. The van der Waals surface area contributed by atoms with Gasteiger partial charge in [0.15, 0.2) is 5.82 Å². The Kier molecular flexibility index (Phi) is 13.9. The second-order valence-electron chi connectivity index (χ2n) is 15.6. The summed E-state index contributed by atoms with van der Waals surface area (Å²) < 4.78 is 22.4. The van der Waals surface area contributed by atoms with Crippen LogP contribution in [0.2, 0.25) is 0 Å². The van der Waals surface area contributed by atoms with Crippen molar-refractivity contribution in [1.29, 1.82) is 0 Å². The van der Waals surface area contributed by atoms with Gasteiger partial charge in [0, 0.05) is 35.9 Å². The minimum absolute atomic E-state index is 0.0312. The number of ether oxygens (including phenoxy) is 4. The van der Waals surface area contributed by atoms with Gasteiger partial charge in [-0.2, -0.15) is 4.90 Å². The lowest BCUT2D eigenvalue weighted by Crippen LogP contribution is -2.44. The Morgan fingerprint density at radius 3 is 2.10 bits per heavy atom. The van der Waals surface area contributed by atoms with Crippen molar-refractivity contribution in [3.63, 3.8) is 0 Å². The predicted molar refractivity (Wildman–Crippen MR) is 223 cm³/mol. The molecule has 13 nitrogen and oxygen atoms in total. The molecule has 4 aromatic carbocycles. The van der Waals surface area contributed by atoms with E-state index in [1.165, 1.54) is 6.20 Å². The number of pyridine rings is 1. The van der Waals surface area contributed by atoms with Gasteiger partial charge in [-0.1, -0.05) is 54.6 Å². The Balaban J connectivity index is 1.33. The molecule has 1 unspecified atom stereocenters. The summed E-state index contributed by atoms with van der Waals surface area (Å²) in [4.78, 5) is 58.1. The quantitative estimate of drug-likeness (QED) is 0.0425.